The molecule has 2 aromatic carbocycles. The first-order chi connectivity index (χ1) is 12.4. The van der Waals surface area contributed by atoms with Crippen LogP contribution in [0.2, 0.25) is 0 Å². The molecule has 4 rings (SSSR count). The molecular weight excluding hydrogens is 344 g/mol. The Balaban J connectivity index is 2.29. The highest BCUT2D eigenvalue weighted by atomic mass is 16.4. The molecule has 0 amide bonds. The molecule has 8 heteroatoms. The number of hydrogen-bond acceptors (Lipinski definition) is 8. The molecule has 4 aromatic rings. The first kappa shape index (κ1) is 15.6. The summed E-state index contributed by atoms with van der Waals surface area (Å²) < 4.78 is 10.1. The van der Waals surface area contributed by atoms with Gasteiger partial charge < -0.3 is 29.3 Å². The fraction of sp³-hybridized carbons (Fsp3) is 0. The van der Waals surface area contributed by atoms with Crippen LogP contribution in [0.15, 0.2) is 54.8 Å². The number of aromatic hydroxyl groups is 4. The highest BCUT2D eigenvalue weighted by Crippen LogP contribution is 2.50. The molecule has 26 heavy (non-hydrogen) atoms. The Labute approximate surface area is 143 Å². The van der Waals surface area contributed by atoms with Crippen molar-refractivity contribution in [2.75, 3.05) is 0 Å². The van der Waals surface area contributed by atoms with Gasteiger partial charge in [-0.2, -0.15) is 0 Å². The van der Waals surface area contributed by atoms with Gasteiger partial charge in [-0.05, 0) is 18.2 Å². The van der Waals surface area contributed by atoms with Gasteiger partial charge in [-0.15, -0.1) is 0 Å². The van der Waals surface area contributed by atoms with Gasteiger partial charge >= 0.3 is 11.3 Å². The summed E-state index contributed by atoms with van der Waals surface area (Å²) in [6.07, 6.45) is 0. The van der Waals surface area contributed by atoms with Crippen molar-refractivity contribution in [1.82, 2.24) is 0 Å². The number of phenols is 4. The normalized spacial score (nSPS) is 11.2. The van der Waals surface area contributed by atoms with Crippen molar-refractivity contribution in [3.05, 3.63) is 57.2 Å². The highest BCUT2D eigenvalue weighted by molar-refractivity contribution is 6.08. The van der Waals surface area contributed by atoms with E-state index in [-0.39, 0.29) is 33.1 Å². The molecule has 4 N–H and O–H groups in total. The predicted molar refractivity (Wildman–Crippen MR) is 90.6 cm³/mol. The molecule has 0 saturated carbocycles. The summed E-state index contributed by atoms with van der Waals surface area (Å²) in [5.74, 6) is -2.49. The average Bonchev–Trinajstić information content (AvgIpc) is 2.59. The van der Waals surface area contributed by atoms with E-state index < -0.39 is 34.2 Å². The summed E-state index contributed by atoms with van der Waals surface area (Å²) in [6, 6.07) is 7.10. The molecule has 0 saturated heterocycles. The molecule has 130 valence electrons. The van der Waals surface area contributed by atoms with Crippen LogP contribution in [0.25, 0.3) is 33.1 Å². The third kappa shape index (κ3) is 2.16. The van der Waals surface area contributed by atoms with E-state index in [4.69, 9.17) is 8.83 Å². The molecule has 8 nitrogen and oxygen atoms in total. The van der Waals surface area contributed by atoms with Gasteiger partial charge in [0.05, 0.1) is 5.56 Å². The fourth-order valence-electron chi connectivity index (χ4n) is 2.87. The van der Waals surface area contributed by atoms with E-state index in [1.807, 2.05) is 0 Å². The topological polar surface area (TPSA) is 141 Å². The van der Waals surface area contributed by atoms with Crippen LogP contribution >= 0.6 is 0 Å². The van der Waals surface area contributed by atoms with Crippen LogP contribution in [0.3, 0.4) is 0 Å². The zero-order valence-corrected chi connectivity index (χ0v) is 12.9. The number of fused-ring (bicyclic) bond motifs is 2. The van der Waals surface area contributed by atoms with Crippen LogP contribution in [0.1, 0.15) is 0 Å². The van der Waals surface area contributed by atoms with Crippen LogP contribution < -0.4 is 11.3 Å². The van der Waals surface area contributed by atoms with Crippen molar-refractivity contribution in [2.24, 2.45) is 0 Å². The van der Waals surface area contributed by atoms with Gasteiger partial charge in [0.25, 0.3) is 0 Å². The number of rotatable bonds is 1. The second kappa shape index (κ2) is 5.28. The van der Waals surface area contributed by atoms with E-state index in [0.717, 1.165) is 18.2 Å². The number of phenolic OH excluding ortho intramolecular Hbond substituents is 4. The highest BCUT2D eigenvalue weighted by Gasteiger charge is 2.24. The summed E-state index contributed by atoms with van der Waals surface area (Å²) in [7, 11) is 0. The van der Waals surface area contributed by atoms with Crippen LogP contribution in [0.4, 0.5) is 0 Å². The Morgan fingerprint density at radius 1 is 0.692 bits per heavy atom. The summed E-state index contributed by atoms with van der Waals surface area (Å²) in [5.41, 5.74) is -2.01. The van der Waals surface area contributed by atoms with Gasteiger partial charge in [-0.25, -0.2) is 9.59 Å². The van der Waals surface area contributed by atoms with Crippen molar-refractivity contribution in [3.8, 4) is 34.1 Å². The SMILES string of the molecule is O=c1ccc2c(-c3c(O)c(O)cc4ccc(=O)oc34)c(O)c(O)cc2o1. The molecule has 2 heterocycles. The summed E-state index contributed by atoms with van der Waals surface area (Å²) in [5, 5.41) is 41.2. The van der Waals surface area contributed by atoms with E-state index in [9.17, 15) is 30.0 Å². The molecule has 0 bridgehead atoms. The van der Waals surface area contributed by atoms with Gasteiger partial charge in [0.15, 0.2) is 23.0 Å². The average molecular weight is 354 g/mol. The molecule has 0 aliphatic carbocycles. The zero-order valence-electron chi connectivity index (χ0n) is 12.9. The lowest BCUT2D eigenvalue weighted by Gasteiger charge is -2.14. The molecule has 0 aliphatic heterocycles. The van der Waals surface area contributed by atoms with Crippen LogP contribution in [-0.4, -0.2) is 20.4 Å². The fourth-order valence-corrected chi connectivity index (χ4v) is 2.87. The monoisotopic (exact) mass is 354 g/mol. The van der Waals surface area contributed by atoms with Crippen molar-refractivity contribution in [1.29, 1.82) is 0 Å². The largest absolute Gasteiger partial charge is 0.504 e. The molecule has 0 fully saturated rings. The van der Waals surface area contributed by atoms with Gasteiger partial charge in [0, 0.05) is 34.5 Å². The maximum Gasteiger partial charge on any atom is 0.336 e. The van der Waals surface area contributed by atoms with Gasteiger partial charge in [0.1, 0.15) is 11.2 Å². The van der Waals surface area contributed by atoms with Crippen molar-refractivity contribution >= 4 is 21.9 Å². The van der Waals surface area contributed by atoms with E-state index in [0.29, 0.717) is 0 Å². The zero-order chi connectivity index (χ0) is 18.6. The molecule has 0 spiro atoms. The predicted octanol–water partition coefficient (Wildman–Crippen LogP) is 2.39. The molecule has 0 unspecified atom stereocenters. The lowest BCUT2D eigenvalue weighted by Crippen LogP contribution is -1.98. The molecule has 0 radical (unpaired) electrons. The van der Waals surface area contributed by atoms with Gasteiger partial charge in [-0.1, -0.05) is 0 Å². The van der Waals surface area contributed by atoms with E-state index in [1.54, 1.807) is 0 Å². The molecule has 0 atom stereocenters. The smallest absolute Gasteiger partial charge is 0.336 e. The Kier molecular flexibility index (Phi) is 3.16. The number of benzene rings is 2. The lowest BCUT2D eigenvalue weighted by atomic mass is 9.96. The summed E-state index contributed by atoms with van der Waals surface area (Å²) in [4.78, 5) is 23.1. The Hall–Kier alpha value is -3.94. The van der Waals surface area contributed by atoms with Gasteiger partial charge in [-0.3, -0.25) is 0 Å². The van der Waals surface area contributed by atoms with E-state index in [1.165, 1.54) is 18.2 Å². The third-order valence-corrected chi connectivity index (χ3v) is 3.99. The van der Waals surface area contributed by atoms with E-state index in [2.05, 4.69) is 0 Å². The summed E-state index contributed by atoms with van der Waals surface area (Å²) in [6.45, 7) is 0. The van der Waals surface area contributed by atoms with Crippen LogP contribution in [0, 0.1) is 0 Å². The second-order valence-electron chi connectivity index (χ2n) is 5.58. The Morgan fingerprint density at radius 2 is 1.31 bits per heavy atom. The minimum absolute atomic E-state index is 0.0722. The van der Waals surface area contributed by atoms with Crippen LogP contribution in [-0.2, 0) is 0 Å². The van der Waals surface area contributed by atoms with Crippen LogP contribution in [0.5, 0.6) is 23.0 Å². The van der Waals surface area contributed by atoms with Crippen molar-refractivity contribution in [2.45, 2.75) is 0 Å². The quantitative estimate of drug-likeness (QED) is 0.301. The number of hydrogen-bond donors (Lipinski definition) is 4. The van der Waals surface area contributed by atoms with Crippen molar-refractivity contribution < 1.29 is 29.3 Å². The third-order valence-electron chi connectivity index (χ3n) is 3.99. The summed E-state index contributed by atoms with van der Waals surface area (Å²) >= 11 is 0. The Bertz CT molecular complexity index is 1310. The minimum Gasteiger partial charge on any atom is -0.504 e. The molecule has 0 aliphatic rings. The van der Waals surface area contributed by atoms with Crippen molar-refractivity contribution in [3.63, 3.8) is 0 Å². The maximum absolute atomic E-state index is 11.6. The first-order valence-corrected chi connectivity index (χ1v) is 7.35. The first-order valence-electron chi connectivity index (χ1n) is 7.35. The minimum atomic E-state index is -0.723. The second-order valence-corrected chi connectivity index (χ2v) is 5.58. The molecular formula is C18H10O8. The van der Waals surface area contributed by atoms with E-state index >= 15 is 0 Å². The Morgan fingerprint density at radius 3 is 2.08 bits per heavy atom. The molecule has 2 aromatic heterocycles. The lowest BCUT2D eigenvalue weighted by molar-refractivity contribution is 0.399. The maximum atomic E-state index is 11.6. The standard InChI is InChI=1S/C18H10O8/c19-9-5-7-1-3-13(22)26-18(7)15(17(9)24)14-8-2-4-12(21)25-11(8)6-10(20)16(14)23/h1-6,19-20,23-24H. The van der Waals surface area contributed by atoms with Gasteiger partial charge in [0.2, 0.25) is 0 Å².